The molecule has 86 valence electrons. The molecule has 0 bridgehead atoms. The summed E-state index contributed by atoms with van der Waals surface area (Å²) in [6.45, 7) is 13.4. The highest BCUT2D eigenvalue weighted by atomic mass is 32.2. The van der Waals surface area contributed by atoms with Crippen molar-refractivity contribution < 1.29 is 0 Å². The van der Waals surface area contributed by atoms with Crippen LogP contribution in [0, 0.1) is 6.92 Å². The molecule has 1 heterocycles. The fourth-order valence-electron chi connectivity index (χ4n) is 1.61. The van der Waals surface area contributed by atoms with Crippen LogP contribution in [0.4, 0.5) is 0 Å². The zero-order valence-electron chi connectivity index (χ0n) is 10.5. The predicted octanol–water partition coefficient (Wildman–Crippen LogP) is 4.56. The second-order valence-corrected chi connectivity index (χ2v) is 7.46. The first-order chi connectivity index (χ1) is 6.86. The van der Waals surface area contributed by atoms with Crippen molar-refractivity contribution in [1.29, 1.82) is 0 Å². The van der Waals surface area contributed by atoms with Crippen molar-refractivity contribution in [3.05, 3.63) is 15.6 Å². The standard InChI is InChI=1S/C12H21NS2/c1-7-14-9(3)11-13-8(2)10(15-11)12(4,5)6/h9H,7H2,1-6H3. The van der Waals surface area contributed by atoms with Crippen molar-refractivity contribution in [1.82, 2.24) is 4.98 Å². The van der Waals surface area contributed by atoms with Gasteiger partial charge in [0.05, 0.1) is 10.9 Å². The van der Waals surface area contributed by atoms with Gasteiger partial charge in [-0.15, -0.1) is 11.3 Å². The van der Waals surface area contributed by atoms with Crippen molar-refractivity contribution in [3.8, 4) is 0 Å². The van der Waals surface area contributed by atoms with E-state index in [9.17, 15) is 0 Å². The normalized spacial score (nSPS) is 14.3. The SMILES string of the molecule is CCSC(C)c1nc(C)c(C(C)(C)C)s1. The van der Waals surface area contributed by atoms with Crippen LogP contribution in [-0.4, -0.2) is 10.7 Å². The first-order valence-corrected chi connectivity index (χ1v) is 7.32. The van der Waals surface area contributed by atoms with E-state index in [1.54, 1.807) is 0 Å². The van der Waals surface area contributed by atoms with Crippen LogP contribution in [0.15, 0.2) is 0 Å². The Hall–Kier alpha value is -0.0200. The Morgan fingerprint density at radius 3 is 2.40 bits per heavy atom. The van der Waals surface area contributed by atoms with Gasteiger partial charge in [0.2, 0.25) is 0 Å². The maximum absolute atomic E-state index is 4.69. The molecule has 0 aliphatic rings. The van der Waals surface area contributed by atoms with Crippen LogP contribution in [0.3, 0.4) is 0 Å². The zero-order valence-corrected chi connectivity index (χ0v) is 12.2. The number of rotatable bonds is 3. The average molecular weight is 243 g/mol. The van der Waals surface area contributed by atoms with Gasteiger partial charge in [0.1, 0.15) is 5.01 Å². The van der Waals surface area contributed by atoms with Crippen LogP contribution in [0.1, 0.15) is 55.4 Å². The summed E-state index contributed by atoms with van der Waals surface area (Å²) in [5, 5.41) is 1.82. The Morgan fingerprint density at radius 2 is 2.00 bits per heavy atom. The molecule has 0 amide bonds. The molecule has 0 saturated carbocycles. The molecule has 1 aromatic rings. The molecule has 0 fully saturated rings. The molecule has 0 aromatic carbocycles. The van der Waals surface area contributed by atoms with Crippen molar-refractivity contribution in [3.63, 3.8) is 0 Å². The van der Waals surface area contributed by atoms with Crippen LogP contribution in [0.5, 0.6) is 0 Å². The summed E-state index contributed by atoms with van der Waals surface area (Å²) in [6.07, 6.45) is 0. The van der Waals surface area contributed by atoms with Gasteiger partial charge in [-0.25, -0.2) is 4.98 Å². The van der Waals surface area contributed by atoms with Crippen LogP contribution < -0.4 is 0 Å². The van der Waals surface area contributed by atoms with E-state index in [0.717, 1.165) is 5.75 Å². The number of thioether (sulfide) groups is 1. The average Bonchev–Trinajstić information content (AvgIpc) is 2.47. The molecule has 1 nitrogen and oxygen atoms in total. The molecule has 1 atom stereocenters. The minimum atomic E-state index is 0.233. The van der Waals surface area contributed by atoms with Crippen molar-refractivity contribution in [2.24, 2.45) is 0 Å². The predicted molar refractivity (Wildman–Crippen MR) is 72.1 cm³/mol. The van der Waals surface area contributed by atoms with Gasteiger partial charge >= 0.3 is 0 Å². The van der Waals surface area contributed by atoms with Gasteiger partial charge in [0.15, 0.2) is 0 Å². The molecule has 3 heteroatoms. The van der Waals surface area contributed by atoms with Gasteiger partial charge < -0.3 is 0 Å². The van der Waals surface area contributed by atoms with Gasteiger partial charge in [-0.2, -0.15) is 11.8 Å². The van der Waals surface area contributed by atoms with Crippen LogP contribution >= 0.6 is 23.1 Å². The highest BCUT2D eigenvalue weighted by molar-refractivity contribution is 7.99. The molecule has 15 heavy (non-hydrogen) atoms. The van der Waals surface area contributed by atoms with E-state index in [-0.39, 0.29) is 5.41 Å². The van der Waals surface area contributed by atoms with E-state index >= 15 is 0 Å². The number of nitrogens with zero attached hydrogens (tertiary/aromatic N) is 1. The zero-order chi connectivity index (χ0) is 11.6. The summed E-state index contributed by atoms with van der Waals surface area (Å²) in [7, 11) is 0. The molecule has 0 aliphatic heterocycles. The smallest absolute Gasteiger partial charge is 0.106 e. The second-order valence-electron chi connectivity index (χ2n) is 4.81. The van der Waals surface area contributed by atoms with Crippen molar-refractivity contribution in [2.75, 3.05) is 5.75 Å². The van der Waals surface area contributed by atoms with E-state index < -0.39 is 0 Å². The van der Waals surface area contributed by atoms with E-state index in [1.807, 2.05) is 23.1 Å². The Balaban J connectivity index is 2.95. The first-order valence-electron chi connectivity index (χ1n) is 5.45. The molecule has 0 radical (unpaired) electrons. The molecule has 0 aliphatic carbocycles. The van der Waals surface area contributed by atoms with Crippen LogP contribution in [0.25, 0.3) is 0 Å². The highest BCUT2D eigenvalue weighted by Crippen LogP contribution is 2.37. The lowest BCUT2D eigenvalue weighted by Gasteiger charge is -2.16. The Morgan fingerprint density at radius 1 is 1.40 bits per heavy atom. The lowest BCUT2D eigenvalue weighted by molar-refractivity contribution is 0.598. The van der Waals surface area contributed by atoms with E-state index in [4.69, 9.17) is 4.98 Å². The summed E-state index contributed by atoms with van der Waals surface area (Å²) >= 11 is 3.85. The minimum absolute atomic E-state index is 0.233. The molecule has 1 unspecified atom stereocenters. The molecule has 0 N–H and O–H groups in total. The first kappa shape index (κ1) is 13.0. The van der Waals surface area contributed by atoms with E-state index in [2.05, 4.69) is 41.5 Å². The fraction of sp³-hybridized carbons (Fsp3) is 0.750. The summed E-state index contributed by atoms with van der Waals surface area (Å²) in [6, 6.07) is 0. The summed E-state index contributed by atoms with van der Waals surface area (Å²) in [5.41, 5.74) is 1.45. The maximum Gasteiger partial charge on any atom is 0.106 e. The van der Waals surface area contributed by atoms with Gasteiger partial charge in [-0.3, -0.25) is 0 Å². The largest absolute Gasteiger partial charge is 0.245 e. The molecule has 0 spiro atoms. The maximum atomic E-state index is 4.69. The quantitative estimate of drug-likeness (QED) is 0.771. The summed E-state index contributed by atoms with van der Waals surface area (Å²) in [4.78, 5) is 6.12. The highest BCUT2D eigenvalue weighted by Gasteiger charge is 2.22. The molecule has 1 aromatic heterocycles. The van der Waals surface area contributed by atoms with Gasteiger partial charge in [-0.1, -0.05) is 27.7 Å². The number of hydrogen-bond donors (Lipinski definition) is 0. The van der Waals surface area contributed by atoms with Crippen LogP contribution in [0.2, 0.25) is 0 Å². The molecular formula is C12H21NS2. The van der Waals surface area contributed by atoms with E-state index in [1.165, 1.54) is 15.6 Å². The van der Waals surface area contributed by atoms with Gasteiger partial charge in [0, 0.05) is 4.88 Å². The number of aryl methyl sites for hydroxylation is 1. The van der Waals surface area contributed by atoms with Crippen molar-refractivity contribution in [2.45, 2.75) is 52.2 Å². The van der Waals surface area contributed by atoms with Gasteiger partial charge in [0.25, 0.3) is 0 Å². The molecule has 1 rings (SSSR count). The van der Waals surface area contributed by atoms with Crippen LogP contribution in [-0.2, 0) is 5.41 Å². The minimum Gasteiger partial charge on any atom is -0.245 e. The van der Waals surface area contributed by atoms with E-state index in [0.29, 0.717) is 5.25 Å². The number of hydrogen-bond acceptors (Lipinski definition) is 3. The second kappa shape index (κ2) is 4.88. The fourth-order valence-corrected chi connectivity index (χ4v) is 3.71. The third-order valence-corrected chi connectivity index (χ3v) is 5.23. The third-order valence-electron chi connectivity index (χ3n) is 2.26. The molecule has 0 saturated heterocycles. The monoisotopic (exact) mass is 243 g/mol. The summed E-state index contributed by atoms with van der Waals surface area (Å²) < 4.78 is 0. The number of aromatic nitrogens is 1. The number of thiazole rings is 1. The lowest BCUT2D eigenvalue weighted by Crippen LogP contribution is -2.10. The Labute approximate surface area is 102 Å². The van der Waals surface area contributed by atoms with Crippen molar-refractivity contribution >= 4 is 23.1 Å². The lowest BCUT2D eigenvalue weighted by atomic mass is 9.94. The van der Waals surface area contributed by atoms with Gasteiger partial charge in [-0.05, 0) is 25.0 Å². The third kappa shape index (κ3) is 3.22. The Kier molecular flexibility index (Phi) is 4.24. The molecular weight excluding hydrogens is 222 g/mol. The summed E-state index contributed by atoms with van der Waals surface area (Å²) in [5.74, 6) is 1.16. The topological polar surface area (TPSA) is 12.9 Å². The Bertz CT molecular complexity index is 323.